The molecular weight excluding hydrogens is 206 g/mol. The molecule has 0 unspecified atom stereocenters. The number of H-pyrrole nitrogens is 1. The molecule has 6 heteroatoms. The van der Waals surface area contributed by atoms with Gasteiger partial charge in [0, 0.05) is 5.39 Å². The van der Waals surface area contributed by atoms with Crippen LogP contribution in [0, 0.1) is 5.41 Å². The third-order valence-corrected chi connectivity index (χ3v) is 2.26. The first-order valence-electron chi connectivity index (χ1n) is 4.66. The quantitative estimate of drug-likeness (QED) is 0.633. The summed E-state index contributed by atoms with van der Waals surface area (Å²) >= 11 is 0. The van der Waals surface area contributed by atoms with Crippen LogP contribution in [0.2, 0.25) is 0 Å². The van der Waals surface area contributed by atoms with Crippen molar-refractivity contribution in [1.29, 1.82) is 5.41 Å². The Bertz CT molecular complexity index is 686. The summed E-state index contributed by atoms with van der Waals surface area (Å²) in [5.74, 6) is 0.361. The van der Waals surface area contributed by atoms with E-state index >= 15 is 0 Å². The number of aromatic amines is 1. The van der Waals surface area contributed by atoms with Crippen LogP contribution in [-0.4, -0.2) is 20.6 Å². The third-order valence-electron chi connectivity index (χ3n) is 2.26. The van der Waals surface area contributed by atoms with E-state index < -0.39 is 0 Å². The van der Waals surface area contributed by atoms with Crippen LogP contribution in [0.5, 0.6) is 0 Å². The first-order valence-corrected chi connectivity index (χ1v) is 4.66. The average Bonchev–Trinajstić information content (AvgIpc) is 2.81. The van der Waals surface area contributed by atoms with Gasteiger partial charge in [0.15, 0.2) is 0 Å². The van der Waals surface area contributed by atoms with Crippen molar-refractivity contribution in [2.45, 2.75) is 0 Å². The molecular formula is C10H7N5O. The van der Waals surface area contributed by atoms with Crippen LogP contribution in [0.25, 0.3) is 22.4 Å². The van der Waals surface area contributed by atoms with Gasteiger partial charge in [-0.3, -0.25) is 5.41 Å². The average molecular weight is 213 g/mol. The predicted molar refractivity (Wildman–Crippen MR) is 55.2 cm³/mol. The maximum Gasteiger partial charge on any atom is 0.223 e. The number of fused-ring (bicyclic) bond motifs is 1. The van der Waals surface area contributed by atoms with Gasteiger partial charge in [-0.15, -0.1) is 10.2 Å². The lowest BCUT2D eigenvalue weighted by molar-refractivity contribution is 0.535. The second-order valence-electron chi connectivity index (χ2n) is 3.26. The monoisotopic (exact) mass is 213 g/mol. The second kappa shape index (κ2) is 3.27. The molecule has 0 atom stereocenters. The van der Waals surface area contributed by atoms with E-state index in [1.165, 1.54) is 0 Å². The lowest BCUT2D eigenvalue weighted by Crippen LogP contribution is -2.04. The number of tetrazole rings is 1. The van der Waals surface area contributed by atoms with Crippen LogP contribution in [0.4, 0.5) is 0 Å². The van der Waals surface area contributed by atoms with Gasteiger partial charge in [-0.1, -0.05) is 18.2 Å². The van der Waals surface area contributed by atoms with Crippen LogP contribution in [0.15, 0.2) is 34.7 Å². The molecule has 3 aromatic rings. The zero-order valence-electron chi connectivity index (χ0n) is 8.14. The standard InChI is InChI=1S/C10H7N5O/c11-9-7(10-12-14-15-13-10)5-6-3-1-2-4-8(6)16-9/h1-5,11H,(H,12,13,14,15). The fourth-order valence-corrected chi connectivity index (χ4v) is 1.52. The van der Waals surface area contributed by atoms with Gasteiger partial charge >= 0.3 is 0 Å². The normalized spacial score (nSPS) is 10.8. The Labute approximate surface area is 89.4 Å². The summed E-state index contributed by atoms with van der Waals surface area (Å²) in [6.07, 6.45) is 0. The Hall–Kier alpha value is -2.50. The molecule has 0 amide bonds. The lowest BCUT2D eigenvalue weighted by atomic mass is 10.2. The van der Waals surface area contributed by atoms with Crippen molar-refractivity contribution in [3.8, 4) is 11.4 Å². The van der Waals surface area contributed by atoms with Gasteiger partial charge in [0.1, 0.15) is 5.58 Å². The minimum Gasteiger partial charge on any atom is -0.438 e. The summed E-state index contributed by atoms with van der Waals surface area (Å²) in [7, 11) is 0. The first kappa shape index (κ1) is 8.78. The number of hydrogen-bond acceptors (Lipinski definition) is 5. The van der Waals surface area contributed by atoms with E-state index in [1.807, 2.05) is 30.3 Å². The Morgan fingerprint density at radius 1 is 1.25 bits per heavy atom. The van der Waals surface area contributed by atoms with E-state index in [4.69, 9.17) is 9.83 Å². The van der Waals surface area contributed by atoms with Crippen LogP contribution >= 0.6 is 0 Å². The Kier molecular flexibility index (Phi) is 1.79. The summed E-state index contributed by atoms with van der Waals surface area (Å²) in [5, 5.41) is 22.1. The smallest absolute Gasteiger partial charge is 0.223 e. The van der Waals surface area contributed by atoms with Crippen molar-refractivity contribution in [2.24, 2.45) is 0 Å². The van der Waals surface area contributed by atoms with E-state index in [9.17, 15) is 0 Å². The summed E-state index contributed by atoms with van der Waals surface area (Å²) in [6.45, 7) is 0. The van der Waals surface area contributed by atoms with E-state index in [0.717, 1.165) is 5.39 Å². The highest BCUT2D eigenvalue weighted by Gasteiger charge is 2.08. The first-order chi connectivity index (χ1) is 7.84. The van der Waals surface area contributed by atoms with Gasteiger partial charge in [-0.2, -0.15) is 5.21 Å². The van der Waals surface area contributed by atoms with E-state index in [-0.39, 0.29) is 5.55 Å². The molecule has 16 heavy (non-hydrogen) atoms. The Balaban J connectivity index is 2.34. The second-order valence-corrected chi connectivity index (χ2v) is 3.26. The molecule has 2 N–H and O–H groups in total. The molecule has 0 bridgehead atoms. The fraction of sp³-hybridized carbons (Fsp3) is 0. The highest BCUT2D eigenvalue weighted by atomic mass is 16.3. The summed E-state index contributed by atoms with van der Waals surface area (Å²) in [5.41, 5.74) is 1.22. The van der Waals surface area contributed by atoms with Crippen molar-refractivity contribution in [1.82, 2.24) is 20.6 Å². The van der Waals surface area contributed by atoms with Crippen molar-refractivity contribution in [3.05, 3.63) is 35.9 Å². The number of rotatable bonds is 1. The van der Waals surface area contributed by atoms with Gasteiger partial charge in [0.2, 0.25) is 11.4 Å². The Morgan fingerprint density at radius 3 is 2.94 bits per heavy atom. The van der Waals surface area contributed by atoms with Crippen molar-refractivity contribution < 1.29 is 4.42 Å². The molecule has 6 nitrogen and oxygen atoms in total. The molecule has 2 heterocycles. The van der Waals surface area contributed by atoms with Crippen LogP contribution in [0.1, 0.15) is 0 Å². The van der Waals surface area contributed by atoms with Crippen molar-refractivity contribution >= 4 is 11.0 Å². The topological polar surface area (TPSA) is 91.5 Å². The van der Waals surface area contributed by atoms with Crippen molar-refractivity contribution in [3.63, 3.8) is 0 Å². The molecule has 0 fully saturated rings. The van der Waals surface area contributed by atoms with Crippen LogP contribution in [0.3, 0.4) is 0 Å². The molecule has 1 aromatic carbocycles. The minimum absolute atomic E-state index is 0.0279. The highest BCUT2D eigenvalue weighted by Crippen LogP contribution is 2.16. The third kappa shape index (κ3) is 1.28. The Morgan fingerprint density at radius 2 is 2.12 bits per heavy atom. The van der Waals surface area contributed by atoms with E-state index in [2.05, 4.69) is 20.6 Å². The maximum absolute atomic E-state index is 7.74. The predicted octanol–water partition coefficient (Wildman–Crippen LogP) is 1.09. The summed E-state index contributed by atoms with van der Waals surface area (Å²) in [4.78, 5) is 0. The highest BCUT2D eigenvalue weighted by molar-refractivity contribution is 5.79. The molecule has 0 saturated heterocycles. The number of para-hydroxylation sites is 1. The van der Waals surface area contributed by atoms with Crippen LogP contribution in [-0.2, 0) is 0 Å². The molecule has 78 valence electrons. The zero-order chi connectivity index (χ0) is 11.0. The van der Waals surface area contributed by atoms with Gasteiger partial charge in [0.25, 0.3) is 0 Å². The number of hydrogen-bond donors (Lipinski definition) is 2. The molecule has 0 aliphatic carbocycles. The molecule has 2 aromatic heterocycles. The summed E-state index contributed by atoms with van der Waals surface area (Å²) in [6, 6.07) is 9.29. The number of nitrogens with zero attached hydrogens (tertiary/aromatic N) is 3. The minimum atomic E-state index is 0.0279. The largest absolute Gasteiger partial charge is 0.438 e. The zero-order valence-corrected chi connectivity index (χ0v) is 8.14. The number of benzene rings is 1. The van der Waals surface area contributed by atoms with E-state index in [1.54, 1.807) is 0 Å². The maximum atomic E-state index is 7.74. The number of aromatic nitrogens is 4. The van der Waals surface area contributed by atoms with Crippen LogP contribution < -0.4 is 5.55 Å². The SMILES string of the molecule is N=c1oc2ccccc2cc1-c1nn[nH]n1. The van der Waals surface area contributed by atoms with Crippen molar-refractivity contribution in [2.75, 3.05) is 0 Å². The van der Waals surface area contributed by atoms with Gasteiger partial charge in [0.05, 0.1) is 5.56 Å². The van der Waals surface area contributed by atoms with Gasteiger partial charge in [-0.25, -0.2) is 0 Å². The summed E-state index contributed by atoms with van der Waals surface area (Å²) < 4.78 is 5.36. The fourth-order valence-electron chi connectivity index (χ4n) is 1.52. The molecule has 0 aliphatic rings. The number of nitrogens with one attached hydrogen (secondary N) is 2. The molecule has 3 rings (SSSR count). The molecule has 0 radical (unpaired) electrons. The van der Waals surface area contributed by atoms with Gasteiger partial charge in [-0.05, 0) is 17.3 Å². The molecule has 0 aliphatic heterocycles. The molecule has 0 spiro atoms. The van der Waals surface area contributed by atoms with Gasteiger partial charge < -0.3 is 4.42 Å². The molecule has 0 saturated carbocycles. The lowest BCUT2D eigenvalue weighted by Gasteiger charge is -1.98. The van der Waals surface area contributed by atoms with E-state index in [0.29, 0.717) is 17.0 Å².